The maximum atomic E-state index is 14.0. The standard InChI is InChI=1S/C30H29N3O9/c1-33(2)24-18-11-14-10-17-16(13-5-8-20(41-3)15(9-13)12-32-42-4)6-7-19(34)22(17)25(35)21(14)27(37)30(18,40)28(38)23(26(24)36)29(31)39/h5-9,14,18,24,40H,10-11H2,1-4H3,(H4-,31,34,35,36,37,38,39)/p+1/t14-,18-,24-,30-/m0/s1. The van der Waals surface area contributed by atoms with Gasteiger partial charge in [0.25, 0.3) is 5.91 Å². The predicted molar refractivity (Wildman–Crippen MR) is 150 cm³/mol. The fourth-order valence-corrected chi connectivity index (χ4v) is 6.57. The van der Waals surface area contributed by atoms with Crippen LogP contribution in [0.3, 0.4) is 0 Å². The Morgan fingerprint density at radius 3 is 2.48 bits per heavy atom. The van der Waals surface area contributed by atoms with Crippen molar-refractivity contribution in [1.29, 1.82) is 0 Å². The molecule has 2 aromatic rings. The molecule has 0 aromatic heterocycles. The first-order valence-corrected chi connectivity index (χ1v) is 13.1. The number of likely N-dealkylation sites (N-methyl/N-ethyl adjacent to an activating group) is 1. The molecule has 2 aromatic carbocycles. The first kappa shape index (κ1) is 28.7. The highest BCUT2D eigenvalue weighted by Crippen LogP contribution is 2.53. The van der Waals surface area contributed by atoms with E-state index in [0.717, 1.165) is 0 Å². The molecule has 0 bridgehead atoms. The molecule has 3 aliphatic carbocycles. The van der Waals surface area contributed by atoms with E-state index in [4.69, 9.17) is 15.3 Å². The number of nitrogens with zero attached hydrogens (tertiary/aromatic N) is 2. The topological polar surface area (TPSA) is 184 Å². The summed E-state index contributed by atoms with van der Waals surface area (Å²) in [6.45, 7) is 0. The summed E-state index contributed by atoms with van der Waals surface area (Å²) in [5, 5.41) is 48.7. The van der Waals surface area contributed by atoms with E-state index >= 15 is 0 Å². The van der Waals surface area contributed by atoms with Crippen LogP contribution in [0.2, 0.25) is 0 Å². The lowest BCUT2D eigenvalue weighted by molar-refractivity contribution is -0.153. The smallest absolute Gasteiger partial charge is 0.392 e. The summed E-state index contributed by atoms with van der Waals surface area (Å²) in [5.74, 6) is -6.53. The van der Waals surface area contributed by atoms with E-state index in [9.17, 15) is 34.8 Å². The van der Waals surface area contributed by atoms with E-state index in [1.54, 1.807) is 38.4 Å². The van der Waals surface area contributed by atoms with Crippen molar-refractivity contribution in [2.75, 3.05) is 28.3 Å². The number of aromatic hydroxyl groups is 1. The number of ether oxygens (including phenoxy) is 1. The van der Waals surface area contributed by atoms with E-state index in [0.29, 0.717) is 28.0 Å². The summed E-state index contributed by atoms with van der Waals surface area (Å²) >= 11 is 0. The molecular weight excluding hydrogens is 546 g/mol. The molecule has 218 valence electrons. The number of phenols is 1. The third-order valence-corrected chi connectivity index (χ3v) is 8.37. The second kappa shape index (κ2) is 10.2. The summed E-state index contributed by atoms with van der Waals surface area (Å²) in [4.78, 5) is 45.6. The number of benzene rings is 2. The number of amides is 1. The molecule has 1 amide bonds. The Kier molecular flexibility index (Phi) is 6.96. The molecule has 42 heavy (non-hydrogen) atoms. The number of ketones is 2. The van der Waals surface area contributed by atoms with Crippen molar-refractivity contribution >= 4 is 23.2 Å². The van der Waals surface area contributed by atoms with E-state index in [-0.39, 0.29) is 29.7 Å². The SMILES string of the molecule is CO[N+]#Cc1cc(-c2ccc(O)c3c2C[C@H]2C[C@H]4[C@H](N(C)C)C(=O)C(C(N)=O)=C(O)[C@@]4(O)C(=O)C2=C3O)ccc1OC. The fraction of sp³-hybridized carbons (Fsp3) is 0.333. The predicted octanol–water partition coefficient (Wildman–Crippen LogP) is 1.88. The Labute approximate surface area is 240 Å². The largest absolute Gasteiger partial charge is 0.508 e. The van der Waals surface area contributed by atoms with E-state index in [1.165, 1.54) is 25.2 Å². The third kappa shape index (κ3) is 4.00. The van der Waals surface area contributed by atoms with Crippen LogP contribution < -0.4 is 10.5 Å². The molecule has 0 saturated heterocycles. The zero-order valence-corrected chi connectivity index (χ0v) is 23.3. The fourth-order valence-electron chi connectivity index (χ4n) is 6.57. The van der Waals surface area contributed by atoms with Crippen molar-refractivity contribution in [1.82, 2.24) is 4.90 Å². The first-order valence-electron chi connectivity index (χ1n) is 13.1. The molecule has 5 rings (SSSR count). The van der Waals surface area contributed by atoms with Gasteiger partial charge in [-0.15, -0.1) is 0 Å². The summed E-state index contributed by atoms with van der Waals surface area (Å²) in [5.41, 5.74) is 3.91. The third-order valence-electron chi connectivity index (χ3n) is 8.37. The number of rotatable bonds is 4. The molecular formula is C30H30N3O9+. The van der Waals surface area contributed by atoms with Crippen molar-refractivity contribution in [2.45, 2.75) is 24.5 Å². The maximum absolute atomic E-state index is 14.0. The number of Topliss-reactive ketones (excluding diaryl/α,β-unsaturated/α-hetero) is 2. The second-order valence-electron chi connectivity index (χ2n) is 10.7. The number of fused-ring (bicyclic) bond motifs is 3. The average molecular weight is 577 g/mol. The van der Waals surface area contributed by atoms with Crippen LogP contribution >= 0.6 is 0 Å². The molecule has 0 heterocycles. The number of aliphatic hydroxyl groups is 3. The molecule has 0 unspecified atom stereocenters. The maximum Gasteiger partial charge on any atom is 0.392 e. The Bertz CT molecular complexity index is 1680. The molecule has 6 N–H and O–H groups in total. The summed E-state index contributed by atoms with van der Waals surface area (Å²) < 4.78 is 5.38. The number of methoxy groups -OCH3 is 1. The minimum atomic E-state index is -2.70. The summed E-state index contributed by atoms with van der Waals surface area (Å²) in [7, 11) is 5.98. The number of aliphatic hydroxyl groups excluding tert-OH is 2. The van der Waals surface area contributed by atoms with E-state index in [2.05, 4.69) is 11.1 Å². The van der Waals surface area contributed by atoms with Crippen LogP contribution in [0.1, 0.15) is 23.1 Å². The van der Waals surface area contributed by atoms with Gasteiger partial charge >= 0.3 is 6.07 Å². The lowest BCUT2D eigenvalue weighted by Crippen LogP contribution is -2.65. The molecule has 4 atom stereocenters. The minimum Gasteiger partial charge on any atom is -0.508 e. The van der Waals surface area contributed by atoms with Gasteiger partial charge in [0.05, 0.1) is 18.7 Å². The molecule has 3 aliphatic rings. The lowest BCUT2D eigenvalue weighted by Gasteiger charge is -2.50. The van der Waals surface area contributed by atoms with E-state index < -0.39 is 58.0 Å². The van der Waals surface area contributed by atoms with Crippen molar-refractivity contribution in [3.8, 4) is 28.7 Å². The zero-order chi connectivity index (χ0) is 30.7. The van der Waals surface area contributed by atoms with Crippen molar-refractivity contribution in [3.05, 3.63) is 68.9 Å². The van der Waals surface area contributed by atoms with Gasteiger partial charge in [-0.25, -0.2) is 0 Å². The van der Waals surface area contributed by atoms with Gasteiger partial charge < -0.3 is 30.9 Å². The van der Waals surface area contributed by atoms with Gasteiger partial charge in [-0.05, 0) is 67.7 Å². The summed E-state index contributed by atoms with van der Waals surface area (Å²) in [6.07, 6.45) is 0.137. The van der Waals surface area contributed by atoms with Crippen LogP contribution in [0.5, 0.6) is 11.5 Å². The lowest BCUT2D eigenvalue weighted by atomic mass is 9.57. The normalized spacial score (nSPS) is 24.9. The number of hydrogen-bond acceptors (Lipinski definition) is 10. The first-order chi connectivity index (χ1) is 19.9. The molecule has 1 saturated carbocycles. The number of hydrogen-bond donors (Lipinski definition) is 5. The van der Waals surface area contributed by atoms with Gasteiger partial charge in [-0.3, -0.25) is 19.3 Å². The van der Waals surface area contributed by atoms with Gasteiger partial charge in [-0.2, -0.15) is 4.84 Å². The van der Waals surface area contributed by atoms with Crippen LogP contribution in [-0.2, 0) is 25.6 Å². The van der Waals surface area contributed by atoms with Gasteiger partial charge in [0.1, 0.15) is 28.6 Å². The van der Waals surface area contributed by atoms with Crippen molar-refractivity contribution in [2.24, 2.45) is 17.6 Å². The van der Waals surface area contributed by atoms with E-state index in [1.807, 2.05) is 0 Å². The Hall–Kier alpha value is -4.86. The van der Waals surface area contributed by atoms with Crippen LogP contribution in [0, 0.1) is 17.9 Å². The monoisotopic (exact) mass is 576 g/mol. The minimum absolute atomic E-state index is 0.00399. The molecule has 12 heteroatoms. The molecule has 0 spiro atoms. The molecule has 0 radical (unpaired) electrons. The molecule has 0 aliphatic heterocycles. The van der Waals surface area contributed by atoms with Crippen LogP contribution in [0.25, 0.3) is 21.9 Å². The van der Waals surface area contributed by atoms with Crippen molar-refractivity contribution in [3.63, 3.8) is 0 Å². The molecule has 1 fully saturated rings. The number of carbonyl (C=O) groups is 3. The quantitative estimate of drug-likeness (QED) is 0.266. The highest BCUT2D eigenvalue weighted by atomic mass is 16.6. The van der Waals surface area contributed by atoms with Crippen LogP contribution in [0.15, 0.2) is 47.2 Å². The van der Waals surface area contributed by atoms with Gasteiger partial charge in [0, 0.05) is 11.5 Å². The van der Waals surface area contributed by atoms with Crippen LogP contribution in [0.4, 0.5) is 0 Å². The van der Waals surface area contributed by atoms with Gasteiger partial charge in [0.15, 0.2) is 24.1 Å². The van der Waals surface area contributed by atoms with Gasteiger partial charge in [0.2, 0.25) is 10.8 Å². The highest BCUT2D eigenvalue weighted by molar-refractivity contribution is 6.24. The zero-order valence-electron chi connectivity index (χ0n) is 23.3. The number of nitrogens with two attached hydrogens (primary N) is 1. The number of primary amides is 1. The number of phenolic OH excluding ortho intramolecular Hbond substituents is 1. The van der Waals surface area contributed by atoms with Crippen LogP contribution in [-0.4, -0.2) is 82.8 Å². The Balaban J connectivity index is 1.72. The Morgan fingerprint density at radius 1 is 1.14 bits per heavy atom. The van der Waals surface area contributed by atoms with Gasteiger partial charge in [-0.1, -0.05) is 12.1 Å². The highest BCUT2D eigenvalue weighted by Gasteiger charge is 2.64. The average Bonchev–Trinajstić information content (AvgIpc) is 2.93. The Morgan fingerprint density at radius 2 is 1.86 bits per heavy atom. The molecule has 12 nitrogen and oxygen atoms in total. The number of carbonyl (C=O) groups excluding carboxylic acids is 3. The summed E-state index contributed by atoms with van der Waals surface area (Å²) in [6, 6.07) is 9.85. The second-order valence-corrected chi connectivity index (χ2v) is 10.7. The van der Waals surface area contributed by atoms with Crippen molar-refractivity contribution < 1.29 is 44.4 Å².